The second-order valence-electron chi connectivity index (χ2n) is 6.30. The number of fused-ring (bicyclic) bond motifs is 1. The summed E-state index contributed by atoms with van der Waals surface area (Å²) in [6.07, 6.45) is 0. The first-order valence-corrected chi connectivity index (χ1v) is 8.28. The van der Waals surface area contributed by atoms with E-state index in [1.54, 1.807) is 18.2 Å². The highest BCUT2D eigenvalue weighted by molar-refractivity contribution is 5.96. The molecule has 0 aliphatic rings. The molecule has 6 nitrogen and oxygen atoms in total. The molecule has 3 rings (SSSR count). The van der Waals surface area contributed by atoms with Gasteiger partial charge in [-0.2, -0.15) is 0 Å². The fraction of sp³-hybridized carbons (Fsp3) is 0.263. The maximum Gasteiger partial charge on any atom is 0.323 e. The maximum atomic E-state index is 12.5. The van der Waals surface area contributed by atoms with Gasteiger partial charge in [-0.05, 0) is 50.1 Å². The lowest BCUT2D eigenvalue weighted by Gasteiger charge is -2.21. The van der Waals surface area contributed by atoms with Crippen molar-refractivity contribution in [1.29, 1.82) is 0 Å². The van der Waals surface area contributed by atoms with Crippen LogP contribution in [0.3, 0.4) is 0 Å². The van der Waals surface area contributed by atoms with Crippen LogP contribution in [0.1, 0.15) is 31.0 Å². The Morgan fingerprint density at radius 1 is 1.04 bits per heavy atom. The zero-order valence-electron chi connectivity index (χ0n) is 14.5. The van der Waals surface area contributed by atoms with E-state index in [-0.39, 0.29) is 23.7 Å². The summed E-state index contributed by atoms with van der Waals surface area (Å²) in [4.78, 5) is 29.1. The Morgan fingerprint density at radius 2 is 1.76 bits per heavy atom. The van der Waals surface area contributed by atoms with E-state index in [1.165, 1.54) is 11.1 Å². The van der Waals surface area contributed by atoms with Gasteiger partial charge in [-0.15, -0.1) is 0 Å². The lowest BCUT2D eigenvalue weighted by atomic mass is 10.0. The van der Waals surface area contributed by atoms with Gasteiger partial charge in [-0.25, -0.2) is 4.79 Å². The van der Waals surface area contributed by atoms with Crippen LogP contribution in [-0.4, -0.2) is 21.9 Å². The van der Waals surface area contributed by atoms with Crippen LogP contribution in [-0.2, 0) is 4.79 Å². The highest BCUT2D eigenvalue weighted by atomic mass is 16.2. The molecule has 0 unspecified atom stereocenters. The molecule has 1 amide bonds. The summed E-state index contributed by atoms with van der Waals surface area (Å²) in [5.74, 6) is -0.127. The zero-order chi connectivity index (χ0) is 18.0. The average molecular weight is 338 g/mol. The molecule has 2 atom stereocenters. The molecular weight excluding hydrogens is 316 g/mol. The van der Waals surface area contributed by atoms with E-state index in [2.05, 4.69) is 39.7 Å². The number of amides is 1. The van der Waals surface area contributed by atoms with E-state index in [0.717, 1.165) is 0 Å². The quantitative estimate of drug-likeness (QED) is 0.577. The lowest BCUT2D eigenvalue weighted by Crippen LogP contribution is -2.39. The predicted octanol–water partition coefficient (Wildman–Crippen LogP) is 2.84. The Kier molecular flexibility index (Phi) is 4.72. The highest BCUT2D eigenvalue weighted by Crippen LogP contribution is 2.18. The Labute approximate surface area is 145 Å². The average Bonchev–Trinajstić information content (AvgIpc) is 2.94. The number of aromatic nitrogens is 2. The number of imidazole rings is 1. The van der Waals surface area contributed by atoms with Gasteiger partial charge in [0.15, 0.2) is 0 Å². The van der Waals surface area contributed by atoms with E-state index in [4.69, 9.17) is 0 Å². The molecule has 6 heteroatoms. The number of anilines is 1. The van der Waals surface area contributed by atoms with Gasteiger partial charge in [-0.3, -0.25) is 10.1 Å². The number of aromatic amines is 2. The third kappa shape index (κ3) is 3.80. The van der Waals surface area contributed by atoms with E-state index in [1.807, 2.05) is 26.0 Å². The van der Waals surface area contributed by atoms with Gasteiger partial charge in [0.1, 0.15) is 0 Å². The third-order valence-corrected chi connectivity index (χ3v) is 4.33. The van der Waals surface area contributed by atoms with Crippen LogP contribution in [0.5, 0.6) is 0 Å². The minimum absolute atomic E-state index is 0.0606. The molecule has 25 heavy (non-hydrogen) atoms. The third-order valence-electron chi connectivity index (χ3n) is 4.33. The molecule has 4 N–H and O–H groups in total. The summed E-state index contributed by atoms with van der Waals surface area (Å²) in [6.45, 7) is 5.94. The molecule has 130 valence electrons. The van der Waals surface area contributed by atoms with Crippen molar-refractivity contribution in [1.82, 2.24) is 15.3 Å². The molecule has 0 spiro atoms. The van der Waals surface area contributed by atoms with Crippen LogP contribution in [0.15, 0.2) is 47.3 Å². The molecular formula is C19H22N4O2. The van der Waals surface area contributed by atoms with Crippen molar-refractivity contribution in [3.63, 3.8) is 0 Å². The number of benzene rings is 2. The number of hydrogen-bond donors (Lipinski definition) is 4. The second kappa shape index (κ2) is 6.94. The van der Waals surface area contributed by atoms with Gasteiger partial charge in [0, 0.05) is 11.7 Å². The summed E-state index contributed by atoms with van der Waals surface area (Å²) in [7, 11) is 0. The monoisotopic (exact) mass is 338 g/mol. The van der Waals surface area contributed by atoms with Crippen LogP contribution >= 0.6 is 0 Å². The van der Waals surface area contributed by atoms with E-state index in [9.17, 15) is 9.59 Å². The zero-order valence-corrected chi connectivity index (χ0v) is 14.5. The van der Waals surface area contributed by atoms with Gasteiger partial charge >= 0.3 is 5.69 Å². The van der Waals surface area contributed by atoms with E-state index in [0.29, 0.717) is 16.7 Å². The smallest absolute Gasteiger partial charge is 0.323 e. The normalized spacial score (nSPS) is 13.6. The first-order chi connectivity index (χ1) is 11.9. The van der Waals surface area contributed by atoms with Crippen molar-refractivity contribution >= 4 is 22.6 Å². The number of nitrogens with one attached hydrogen (secondary N) is 4. The lowest BCUT2D eigenvalue weighted by molar-refractivity contribution is -0.117. The van der Waals surface area contributed by atoms with Crippen molar-refractivity contribution in [3.05, 3.63) is 64.1 Å². The van der Waals surface area contributed by atoms with Crippen LogP contribution in [0.4, 0.5) is 5.69 Å². The SMILES string of the molecule is Cc1ccccc1[C@@H](C)N[C@@H](C)C(=O)Nc1ccc2[nH]c(=O)[nH]c2c1. The molecule has 1 heterocycles. The Bertz CT molecular complexity index is 957. The highest BCUT2D eigenvalue weighted by Gasteiger charge is 2.17. The van der Waals surface area contributed by atoms with Gasteiger partial charge in [0.05, 0.1) is 17.1 Å². The summed E-state index contributed by atoms with van der Waals surface area (Å²) in [5.41, 5.74) is 4.12. The minimum Gasteiger partial charge on any atom is -0.325 e. The molecule has 3 aromatic rings. The topological polar surface area (TPSA) is 89.8 Å². The van der Waals surface area contributed by atoms with Crippen molar-refractivity contribution in [2.75, 3.05) is 5.32 Å². The molecule has 0 radical (unpaired) electrons. The number of aryl methyl sites for hydroxylation is 1. The maximum absolute atomic E-state index is 12.5. The summed E-state index contributed by atoms with van der Waals surface area (Å²) < 4.78 is 0. The van der Waals surface area contributed by atoms with Gasteiger partial charge in [-0.1, -0.05) is 24.3 Å². The van der Waals surface area contributed by atoms with Crippen molar-refractivity contribution in [2.45, 2.75) is 32.9 Å². The van der Waals surface area contributed by atoms with Crippen LogP contribution in [0.25, 0.3) is 11.0 Å². The summed E-state index contributed by atoms with van der Waals surface area (Å²) in [6, 6.07) is 13.1. The molecule has 0 bridgehead atoms. The van der Waals surface area contributed by atoms with Crippen LogP contribution < -0.4 is 16.3 Å². The van der Waals surface area contributed by atoms with Gasteiger partial charge < -0.3 is 15.3 Å². The second-order valence-corrected chi connectivity index (χ2v) is 6.30. The largest absolute Gasteiger partial charge is 0.325 e. The first kappa shape index (κ1) is 17.0. The van der Waals surface area contributed by atoms with Crippen molar-refractivity contribution in [3.8, 4) is 0 Å². The molecule has 0 fully saturated rings. The van der Waals surface area contributed by atoms with Crippen molar-refractivity contribution in [2.24, 2.45) is 0 Å². The number of H-pyrrole nitrogens is 2. The predicted molar refractivity (Wildman–Crippen MR) is 99.7 cm³/mol. The number of hydrogen-bond acceptors (Lipinski definition) is 3. The van der Waals surface area contributed by atoms with Gasteiger partial charge in [0.2, 0.25) is 5.91 Å². The molecule has 0 saturated heterocycles. The Balaban J connectivity index is 1.67. The van der Waals surface area contributed by atoms with E-state index < -0.39 is 0 Å². The molecule has 0 saturated carbocycles. The molecule has 1 aromatic heterocycles. The number of carbonyl (C=O) groups is 1. The minimum atomic E-state index is -0.365. The summed E-state index contributed by atoms with van der Waals surface area (Å²) >= 11 is 0. The fourth-order valence-electron chi connectivity index (χ4n) is 2.97. The summed E-state index contributed by atoms with van der Waals surface area (Å²) in [5, 5.41) is 6.20. The van der Waals surface area contributed by atoms with Crippen molar-refractivity contribution < 1.29 is 4.79 Å². The number of carbonyl (C=O) groups excluding carboxylic acids is 1. The molecule has 2 aromatic carbocycles. The fourth-order valence-corrected chi connectivity index (χ4v) is 2.97. The van der Waals surface area contributed by atoms with Crippen LogP contribution in [0, 0.1) is 6.92 Å². The first-order valence-electron chi connectivity index (χ1n) is 8.28. The number of rotatable bonds is 5. The Hall–Kier alpha value is -2.86. The Morgan fingerprint density at radius 3 is 2.52 bits per heavy atom. The van der Waals surface area contributed by atoms with Gasteiger partial charge in [0.25, 0.3) is 0 Å². The van der Waals surface area contributed by atoms with Crippen LogP contribution in [0.2, 0.25) is 0 Å². The molecule has 0 aliphatic carbocycles. The molecule has 0 aliphatic heterocycles. The standard InChI is InChI=1S/C19H22N4O2/c1-11-6-4-5-7-15(11)12(2)20-13(3)18(24)21-14-8-9-16-17(10-14)23-19(25)22-16/h4-10,12-13,20H,1-3H3,(H,21,24)(H2,22,23,25)/t12-,13+/m1/s1. The van der Waals surface area contributed by atoms with E-state index >= 15 is 0 Å².